The Morgan fingerprint density at radius 2 is 1.96 bits per heavy atom. The zero-order valence-electron chi connectivity index (χ0n) is 16.5. The Morgan fingerprint density at radius 3 is 2.68 bits per heavy atom. The van der Waals surface area contributed by atoms with Gasteiger partial charge in [-0.25, -0.2) is 4.98 Å². The summed E-state index contributed by atoms with van der Waals surface area (Å²) in [6.45, 7) is 0.701. The van der Waals surface area contributed by atoms with Crippen molar-refractivity contribution in [3.63, 3.8) is 0 Å². The molecule has 1 amide bonds. The number of nitrogens with two attached hydrogens (primary N) is 1. The molecule has 0 unspecified atom stereocenters. The molecular weight excluding hydrogens is 356 g/mol. The van der Waals surface area contributed by atoms with Crippen LogP contribution in [0.1, 0.15) is 15.9 Å². The van der Waals surface area contributed by atoms with Crippen LogP contribution in [0.3, 0.4) is 0 Å². The number of amides is 1. The molecule has 0 saturated heterocycles. The highest BCUT2D eigenvalue weighted by atomic mass is 16.2. The summed E-state index contributed by atoms with van der Waals surface area (Å²) in [6, 6.07) is 5.46. The highest BCUT2D eigenvalue weighted by Gasteiger charge is 2.29. The fourth-order valence-corrected chi connectivity index (χ4v) is 3.08. The maximum atomic E-state index is 13.0. The van der Waals surface area contributed by atoms with E-state index in [0.717, 1.165) is 5.56 Å². The Morgan fingerprint density at radius 1 is 1.21 bits per heavy atom. The van der Waals surface area contributed by atoms with Crippen molar-refractivity contribution >= 4 is 34.8 Å². The topological polar surface area (TPSA) is 95.7 Å². The van der Waals surface area contributed by atoms with Gasteiger partial charge in [0.15, 0.2) is 11.6 Å². The third kappa shape index (κ3) is 3.86. The summed E-state index contributed by atoms with van der Waals surface area (Å²) in [7, 11) is 7.38. The van der Waals surface area contributed by atoms with Crippen molar-refractivity contribution in [1.82, 2.24) is 14.9 Å². The van der Waals surface area contributed by atoms with E-state index in [-0.39, 0.29) is 24.1 Å². The van der Waals surface area contributed by atoms with Gasteiger partial charge in [0.1, 0.15) is 5.69 Å². The molecule has 1 aromatic carbocycles. The molecule has 28 heavy (non-hydrogen) atoms. The summed E-state index contributed by atoms with van der Waals surface area (Å²) in [5.74, 6) is 0.497. The van der Waals surface area contributed by atoms with Crippen LogP contribution < -0.4 is 15.5 Å². The third-order valence-corrected chi connectivity index (χ3v) is 4.56. The Kier molecular flexibility index (Phi) is 5.41. The first-order chi connectivity index (χ1) is 13.3. The van der Waals surface area contributed by atoms with Crippen LogP contribution in [0.5, 0.6) is 0 Å². The van der Waals surface area contributed by atoms with Crippen molar-refractivity contribution in [2.45, 2.75) is 6.42 Å². The molecule has 8 heteroatoms. The quantitative estimate of drug-likeness (QED) is 0.788. The molecule has 2 heterocycles. The van der Waals surface area contributed by atoms with Crippen LogP contribution in [-0.4, -0.2) is 61.3 Å². The van der Waals surface area contributed by atoms with Gasteiger partial charge >= 0.3 is 0 Å². The number of likely N-dealkylation sites (N-methyl/N-ethyl adjacent to an activating group) is 1. The largest absolute Gasteiger partial charge is 0.368 e. The number of ketones is 1. The van der Waals surface area contributed by atoms with Crippen molar-refractivity contribution in [2.75, 3.05) is 50.3 Å². The first-order valence-corrected chi connectivity index (χ1v) is 8.89. The number of benzene rings is 1. The molecular formula is C20H24N6O2. The van der Waals surface area contributed by atoms with Gasteiger partial charge in [0, 0.05) is 27.1 Å². The maximum Gasteiger partial charge on any atom is 0.260 e. The van der Waals surface area contributed by atoms with E-state index in [4.69, 9.17) is 5.73 Å². The number of hydrogen-bond acceptors (Lipinski definition) is 7. The fraction of sp³-hybridized carbons (Fsp3) is 0.300. The minimum absolute atomic E-state index is 0.00786. The Bertz CT molecular complexity index is 954. The van der Waals surface area contributed by atoms with Crippen LogP contribution in [0, 0.1) is 0 Å². The van der Waals surface area contributed by atoms with Crippen LogP contribution in [0.15, 0.2) is 36.5 Å². The monoisotopic (exact) mass is 380 g/mol. The molecule has 1 aromatic heterocycles. The summed E-state index contributed by atoms with van der Waals surface area (Å²) in [5, 5.41) is 0. The highest BCUT2D eigenvalue weighted by molar-refractivity contribution is 6.13. The van der Waals surface area contributed by atoms with Gasteiger partial charge in [0.25, 0.3) is 5.91 Å². The molecule has 146 valence electrons. The zero-order valence-corrected chi connectivity index (χ0v) is 16.5. The van der Waals surface area contributed by atoms with Crippen LogP contribution >= 0.6 is 0 Å². The molecule has 2 N–H and O–H groups in total. The summed E-state index contributed by atoms with van der Waals surface area (Å²) < 4.78 is 0. The Balaban J connectivity index is 1.92. The number of anilines is 4. The predicted octanol–water partition coefficient (Wildman–Crippen LogP) is 1.65. The van der Waals surface area contributed by atoms with E-state index in [1.165, 1.54) is 11.1 Å². The van der Waals surface area contributed by atoms with Crippen LogP contribution in [0.25, 0.3) is 0 Å². The SMILES string of the molecule is CN(C)C/C=C/C(=O)Cc1ccc2c(c1)C(=O)N(C)c1cnc(N)nc1N2C. The van der Waals surface area contributed by atoms with Crippen molar-refractivity contribution in [2.24, 2.45) is 0 Å². The van der Waals surface area contributed by atoms with Gasteiger partial charge in [-0.3, -0.25) is 9.59 Å². The normalized spacial score (nSPS) is 13.7. The minimum Gasteiger partial charge on any atom is -0.368 e. The molecule has 1 aliphatic rings. The van der Waals surface area contributed by atoms with Crippen LogP contribution in [-0.2, 0) is 11.2 Å². The van der Waals surface area contributed by atoms with Gasteiger partial charge in [-0.1, -0.05) is 12.1 Å². The number of carbonyl (C=O) groups excluding carboxylic acids is 2. The lowest BCUT2D eigenvalue weighted by Crippen LogP contribution is -2.26. The molecule has 2 aromatic rings. The number of fused-ring (bicyclic) bond motifs is 2. The molecule has 0 aliphatic carbocycles. The number of carbonyl (C=O) groups is 2. The Hall–Kier alpha value is -3.26. The van der Waals surface area contributed by atoms with E-state index in [2.05, 4.69) is 9.97 Å². The molecule has 0 saturated carbocycles. The number of nitrogen functional groups attached to an aromatic ring is 1. The zero-order chi connectivity index (χ0) is 20.4. The molecule has 0 atom stereocenters. The van der Waals surface area contributed by atoms with E-state index < -0.39 is 0 Å². The second-order valence-corrected chi connectivity index (χ2v) is 7.02. The van der Waals surface area contributed by atoms with Crippen LogP contribution in [0.4, 0.5) is 23.1 Å². The van der Waals surface area contributed by atoms with E-state index in [1.807, 2.05) is 49.2 Å². The lowest BCUT2D eigenvalue weighted by Gasteiger charge is -2.20. The van der Waals surface area contributed by atoms with Gasteiger partial charge in [0.2, 0.25) is 5.95 Å². The number of nitrogens with zero attached hydrogens (tertiary/aromatic N) is 5. The average Bonchev–Trinajstić information content (AvgIpc) is 2.72. The standard InChI is InChI=1S/C20H24N6O2/c1-24(2)9-5-6-14(27)10-13-7-8-16-15(11-13)19(28)26(4)17-12-22-20(21)23-18(17)25(16)3/h5-8,11-12H,9-10H2,1-4H3,(H2,21,22,23)/b6-5+. The summed E-state index contributed by atoms with van der Waals surface area (Å²) in [5.41, 5.74) is 8.29. The number of allylic oxidation sites excluding steroid dienone is 1. The number of rotatable bonds is 5. The minimum atomic E-state index is -0.188. The summed E-state index contributed by atoms with van der Waals surface area (Å²) >= 11 is 0. The van der Waals surface area contributed by atoms with E-state index in [9.17, 15) is 9.59 Å². The second kappa shape index (κ2) is 7.77. The number of aromatic nitrogens is 2. The van der Waals surface area contributed by atoms with E-state index in [1.54, 1.807) is 19.2 Å². The van der Waals surface area contributed by atoms with Crippen LogP contribution in [0.2, 0.25) is 0 Å². The molecule has 8 nitrogen and oxygen atoms in total. The molecule has 0 spiro atoms. The highest BCUT2D eigenvalue weighted by Crippen LogP contribution is 2.37. The summed E-state index contributed by atoms with van der Waals surface area (Å²) in [6.07, 6.45) is 5.19. The van der Waals surface area contributed by atoms with Crippen molar-refractivity contribution in [3.8, 4) is 0 Å². The molecule has 1 aliphatic heterocycles. The average molecular weight is 380 g/mol. The van der Waals surface area contributed by atoms with Crippen molar-refractivity contribution < 1.29 is 9.59 Å². The predicted molar refractivity (Wildman–Crippen MR) is 110 cm³/mol. The number of hydrogen-bond donors (Lipinski definition) is 1. The van der Waals surface area contributed by atoms with E-state index >= 15 is 0 Å². The molecule has 0 fully saturated rings. The molecule has 3 rings (SSSR count). The second-order valence-electron chi connectivity index (χ2n) is 7.02. The molecule has 0 radical (unpaired) electrons. The lowest BCUT2D eigenvalue weighted by atomic mass is 10.0. The smallest absolute Gasteiger partial charge is 0.260 e. The first kappa shape index (κ1) is 19.5. The van der Waals surface area contributed by atoms with Gasteiger partial charge in [-0.2, -0.15) is 4.98 Å². The fourth-order valence-electron chi connectivity index (χ4n) is 3.08. The Labute approximate surface area is 164 Å². The van der Waals surface area contributed by atoms with Gasteiger partial charge in [-0.05, 0) is 37.9 Å². The van der Waals surface area contributed by atoms with Crippen molar-refractivity contribution in [3.05, 3.63) is 47.7 Å². The lowest BCUT2D eigenvalue weighted by molar-refractivity contribution is -0.114. The van der Waals surface area contributed by atoms with Gasteiger partial charge in [0.05, 0.1) is 17.4 Å². The third-order valence-electron chi connectivity index (χ3n) is 4.56. The van der Waals surface area contributed by atoms with Crippen molar-refractivity contribution in [1.29, 1.82) is 0 Å². The van der Waals surface area contributed by atoms with E-state index in [0.29, 0.717) is 29.3 Å². The molecule has 0 bridgehead atoms. The summed E-state index contributed by atoms with van der Waals surface area (Å²) in [4.78, 5) is 38.8. The first-order valence-electron chi connectivity index (χ1n) is 8.89. The maximum absolute atomic E-state index is 13.0. The van der Waals surface area contributed by atoms with Gasteiger partial charge in [-0.15, -0.1) is 0 Å². The van der Waals surface area contributed by atoms with Gasteiger partial charge < -0.3 is 20.4 Å².